The maximum absolute atomic E-state index is 5.63. The van der Waals surface area contributed by atoms with Crippen LogP contribution in [-0.4, -0.2) is 11.1 Å². The smallest absolute Gasteiger partial charge is 0.0485 e. The first-order valence-corrected chi connectivity index (χ1v) is 6.60. The molecule has 1 aromatic heterocycles. The number of benzene rings is 1. The van der Waals surface area contributed by atoms with E-state index in [0.717, 1.165) is 25.4 Å². The summed E-state index contributed by atoms with van der Waals surface area (Å²) in [5, 5.41) is 1.39. The van der Waals surface area contributed by atoms with E-state index in [4.69, 9.17) is 5.73 Å². The first-order chi connectivity index (χ1) is 8.29. The minimum atomic E-state index is 0.753. The zero-order valence-corrected chi connectivity index (χ0v) is 10.4. The summed E-state index contributed by atoms with van der Waals surface area (Å²) in [7, 11) is 0. The van der Waals surface area contributed by atoms with Crippen LogP contribution < -0.4 is 5.73 Å². The molecule has 0 spiro atoms. The zero-order valence-electron chi connectivity index (χ0n) is 10.4. The van der Waals surface area contributed by atoms with Crippen molar-refractivity contribution < 1.29 is 0 Å². The van der Waals surface area contributed by atoms with Gasteiger partial charge in [0.25, 0.3) is 0 Å². The first kappa shape index (κ1) is 10.8. The molecule has 1 saturated carbocycles. The van der Waals surface area contributed by atoms with E-state index in [-0.39, 0.29) is 0 Å². The third-order valence-electron chi connectivity index (χ3n) is 3.62. The number of nitrogens with zero attached hydrogens (tertiary/aromatic N) is 1. The van der Waals surface area contributed by atoms with Gasteiger partial charge in [-0.15, -0.1) is 0 Å². The molecular formula is C15H20N2. The summed E-state index contributed by atoms with van der Waals surface area (Å²) < 4.78 is 2.55. The molecule has 0 amide bonds. The van der Waals surface area contributed by atoms with Crippen molar-refractivity contribution in [1.29, 1.82) is 0 Å². The Bertz CT molecular complexity index is 535. The van der Waals surface area contributed by atoms with Gasteiger partial charge >= 0.3 is 0 Å². The van der Waals surface area contributed by atoms with Crippen LogP contribution in [0.3, 0.4) is 0 Å². The first-order valence-electron chi connectivity index (χ1n) is 6.60. The molecule has 17 heavy (non-hydrogen) atoms. The molecule has 0 unspecified atom stereocenters. The molecule has 2 heteroatoms. The van der Waals surface area contributed by atoms with Crippen LogP contribution in [-0.2, 0) is 6.42 Å². The Morgan fingerprint density at radius 1 is 1.29 bits per heavy atom. The van der Waals surface area contributed by atoms with Crippen molar-refractivity contribution in [2.75, 3.05) is 6.54 Å². The highest BCUT2D eigenvalue weighted by Crippen LogP contribution is 2.40. The SMILES string of the molecule is Cc1ccc2c(c1)cc(CCCN)n2C1CC1. The third-order valence-corrected chi connectivity index (χ3v) is 3.62. The molecule has 1 fully saturated rings. The Morgan fingerprint density at radius 3 is 2.82 bits per heavy atom. The molecule has 1 aliphatic rings. The zero-order chi connectivity index (χ0) is 11.8. The topological polar surface area (TPSA) is 30.9 Å². The van der Waals surface area contributed by atoms with Gasteiger partial charge in [0.2, 0.25) is 0 Å². The van der Waals surface area contributed by atoms with E-state index in [1.54, 1.807) is 0 Å². The van der Waals surface area contributed by atoms with Crippen molar-refractivity contribution >= 4 is 10.9 Å². The van der Waals surface area contributed by atoms with E-state index in [9.17, 15) is 0 Å². The van der Waals surface area contributed by atoms with Crippen LogP contribution in [0, 0.1) is 6.92 Å². The Morgan fingerprint density at radius 2 is 2.12 bits per heavy atom. The maximum Gasteiger partial charge on any atom is 0.0485 e. The molecule has 3 rings (SSSR count). The van der Waals surface area contributed by atoms with Gasteiger partial charge in [-0.2, -0.15) is 0 Å². The molecule has 2 N–H and O–H groups in total. The van der Waals surface area contributed by atoms with Gasteiger partial charge in [0.15, 0.2) is 0 Å². The number of aromatic nitrogens is 1. The molecule has 1 heterocycles. The lowest BCUT2D eigenvalue weighted by Gasteiger charge is -2.09. The van der Waals surface area contributed by atoms with Crippen molar-refractivity contribution in [3.8, 4) is 0 Å². The highest BCUT2D eigenvalue weighted by Gasteiger charge is 2.26. The second-order valence-electron chi connectivity index (χ2n) is 5.19. The van der Waals surface area contributed by atoms with Crippen LogP contribution >= 0.6 is 0 Å². The lowest BCUT2D eigenvalue weighted by Crippen LogP contribution is -2.05. The van der Waals surface area contributed by atoms with Crippen molar-refractivity contribution in [3.05, 3.63) is 35.5 Å². The van der Waals surface area contributed by atoms with Gasteiger partial charge in [-0.05, 0) is 57.4 Å². The number of hydrogen-bond donors (Lipinski definition) is 1. The number of fused-ring (bicyclic) bond motifs is 1. The summed E-state index contributed by atoms with van der Waals surface area (Å²) in [6.07, 6.45) is 4.88. The van der Waals surface area contributed by atoms with Gasteiger partial charge in [-0.3, -0.25) is 0 Å². The van der Waals surface area contributed by atoms with Crippen LogP contribution in [0.15, 0.2) is 24.3 Å². The average molecular weight is 228 g/mol. The fourth-order valence-electron chi connectivity index (χ4n) is 2.65. The van der Waals surface area contributed by atoms with Crippen LogP contribution in [0.25, 0.3) is 10.9 Å². The molecule has 0 atom stereocenters. The monoisotopic (exact) mass is 228 g/mol. The third kappa shape index (κ3) is 1.98. The van der Waals surface area contributed by atoms with Gasteiger partial charge in [0.1, 0.15) is 0 Å². The Hall–Kier alpha value is -1.28. The lowest BCUT2D eigenvalue weighted by atomic mass is 10.2. The van der Waals surface area contributed by atoms with Gasteiger partial charge in [-0.1, -0.05) is 11.6 Å². The number of aryl methyl sites for hydroxylation is 2. The number of hydrogen-bond acceptors (Lipinski definition) is 1. The van der Waals surface area contributed by atoms with Gasteiger partial charge in [0.05, 0.1) is 0 Å². The Kier molecular flexibility index (Phi) is 2.67. The van der Waals surface area contributed by atoms with Crippen molar-refractivity contribution in [2.45, 2.75) is 38.6 Å². The quantitative estimate of drug-likeness (QED) is 0.856. The fourth-order valence-corrected chi connectivity index (χ4v) is 2.65. The summed E-state index contributed by atoms with van der Waals surface area (Å²) in [5.41, 5.74) is 9.85. The van der Waals surface area contributed by atoms with Gasteiger partial charge in [0, 0.05) is 22.6 Å². The summed E-state index contributed by atoms with van der Waals surface area (Å²) in [6, 6.07) is 9.89. The summed E-state index contributed by atoms with van der Waals surface area (Å²) in [4.78, 5) is 0. The standard InChI is InChI=1S/C15H20N2/c1-11-4-7-15-12(9-11)10-14(3-2-8-16)17(15)13-5-6-13/h4,7,9-10,13H,2-3,5-6,8,16H2,1H3. The molecule has 2 aromatic rings. The normalized spacial score (nSPS) is 15.6. The molecule has 1 aromatic carbocycles. The van der Waals surface area contributed by atoms with Crippen LogP contribution in [0.2, 0.25) is 0 Å². The molecule has 2 nitrogen and oxygen atoms in total. The molecule has 1 aliphatic carbocycles. The van der Waals surface area contributed by atoms with E-state index < -0.39 is 0 Å². The van der Waals surface area contributed by atoms with Crippen LogP contribution in [0.1, 0.15) is 36.6 Å². The summed E-state index contributed by atoms with van der Waals surface area (Å²) >= 11 is 0. The Balaban J connectivity index is 2.09. The minimum Gasteiger partial charge on any atom is -0.342 e. The van der Waals surface area contributed by atoms with Crippen molar-refractivity contribution in [1.82, 2.24) is 4.57 Å². The lowest BCUT2D eigenvalue weighted by molar-refractivity contribution is 0.694. The van der Waals surface area contributed by atoms with E-state index in [1.807, 2.05) is 0 Å². The molecule has 0 aliphatic heterocycles. The average Bonchev–Trinajstić information content (AvgIpc) is 3.08. The van der Waals surface area contributed by atoms with Crippen molar-refractivity contribution in [2.24, 2.45) is 5.73 Å². The maximum atomic E-state index is 5.63. The molecule has 0 radical (unpaired) electrons. The second kappa shape index (κ2) is 4.19. The predicted molar refractivity (Wildman–Crippen MR) is 72.3 cm³/mol. The van der Waals surface area contributed by atoms with Crippen molar-refractivity contribution in [3.63, 3.8) is 0 Å². The summed E-state index contributed by atoms with van der Waals surface area (Å²) in [6.45, 7) is 2.94. The van der Waals surface area contributed by atoms with E-state index in [2.05, 4.69) is 35.8 Å². The van der Waals surface area contributed by atoms with E-state index >= 15 is 0 Å². The van der Waals surface area contributed by atoms with Crippen LogP contribution in [0.4, 0.5) is 0 Å². The van der Waals surface area contributed by atoms with E-state index in [0.29, 0.717) is 0 Å². The number of nitrogens with two attached hydrogens (primary N) is 1. The predicted octanol–water partition coefficient (Wildman–Crippen LogP) is 3.18. The number of rotatable bonds is 4. The van der Waals surface area contributed by atoms with Crippen LogP contribution in [0.5, 0.6) is 0 Å². The highest BCUT2D eigenvalue weighted by molar-refractivity contribution is 5.82. The van der Waals surface area contributed by atoms with E-state index in [1.165, 1.54) is 35.0 Å². The minimum absolute atomic E-state index is 0.753. The second-order valence-corrected chi connectivity index (χ2v) is 5.19. The fraction of sp³-hybridized carbons (Fsp3) is 0.467. The van der Waals surface area contributed by atoms with Gasteiger partial charge < -0.3 is 10.3 Å². The molecular weight excluding hydrogens is 208 g/mol. The molecule has 0 saturated heterocycles. The Labute approximate surface area is 102 Å². The summed E-state index contributed by atoms with van der Waals surface area (Å²) in [5.74, 6) is 0. The highest BCUT2D eigenvalue weighted by atomic mass is 15.1. The molecule has 0 bridgehead atoms. The largest absolute Gasteiger partial charge is 0.342 e. The molecule has 90 valence electrons. The van der Waals surface area contributed by atoms with Gasteiger partial charge in [-0.25, -0.2) is 0 Å².